The fourth-order valence-corrected chi connectivity index (χ4v) is 2.96. The number of benzene rings is 2. The number of aromatic hydroxyl groups is 1. The van der Waals surface area contributed by atoms with Gasteiger partial charge in [0, 0.05) is 13.1 Å². The van der Waals surface area contributed by atoms with Crippen LogP contribution in [0.4, 0.5) is 5.82 Å². The van der Waals surface area contributed by atoms with Crippen LogP contribution in [0.25, 0.3) is 22.2 Å². The van der Waals surface area contributed by atoms with Gasteiger partial charge in [0.05, 0.1) is 17.2 Å². The topological polar surface area (TPSA) is 49.3 Å². The predicted octanol–water partition coefficient (Wildman–Crippen LogP) is 3.60. The minimum atomic E-state index is 0.271. The molecule has 0 bridgehead atoms. The second kappa shape index (κ2) is 5.30. The van der Waals surface area contributed by atoms with E-state index in [2.05, 4.69) is 9.88 Å². The van der Waals surface area contributed by atoms with Gasteiger partial charge in [-0.2, -0.15) is 0 Å². The van der Waals surface area contributed by atoms with E-state index in [1.807, 2.05) is 36.5 Å². The minimum Gasteiger partial charge on any atom is -0.508 e. The monoisotopic (exact) mass is 291 g/mol. The summed E-state index contributed by atoms with van der Waals surface area (Å²) < 4.78 is 0. The van der Waals surface area contributed by atoms with Crippen molar-refractivity contribution < 1.29 is 5.11 Å². The third kappa shape index (κ3) is 2.37. The first kappa shape index (κ1) is 13.1. The van der Waals surface area contributed by atoms with Crippen LogP contribution in [0.5, 0.6) is 5.75 Å². The molecule has 0 amide bonds. The number of fused-ring (bicyclic) bond motifs is 1. The minimum absolute atomic E-state index is 0.271. The number of rotatable bonds is 2. The molecule has 2 aromatic carbocycles. The van der Waals surface area contributed by atoms with Crippen LogP contribution in [-0.4, -0.2) is 28.2 Å². The normalized spacial score (nSPS) is 14.6. The first-order chi connectivity index (χ1) is 10.8. The molecule has 1 saturated heterocycles. The summed E-state index contributed by atoms with van der Waals surface area (Å²) in [6.07, 6.45) is 4.33. The van der Waals surface area contributed by atoms with Crippen molar-refractivity contribution in [2.24, 2.45) is 0 Å². The molecule has 0 spiro atoms. The van der Waals surface area contributed by atoms with E-state index < -0.39 is 0 Å². The molecule has 0 radical (unpaired) electrons. The van der Waals surface area contributed by atoms with Crippen LogP contribution in [0.1, 0.15) is 12.8 Å². The second-order valence-electron chi connectivity index (χ2n) is 5.68. The molecule has 0 saturated carbocycles. The average molecular weight is 291 g/mol. The van der Waals surface area contributed by atoms with Crippen molar-refractivity contribution in [2.45, 2.75) is 12.8 Å². The Morgan fingerprint density at radius 1 is 0.909 bits per heavy atom. The van der Waals surface area contributed by atoms with Crippen LogP contribution in [0.3, 0.4) is 0 Å². The van der Waals surface area contributed by atoms with Gasteiger partial charge in [-0.25, -0.2) is 4.98 Å². The Kier molecular flexibility index (Phi) is 3.15. The molecule has 1 aliphatic heterocycles. The molecule has 2 heterocycles. The van der Waals surface area contributed by atoms with Gasteiger partial charge in [-0.1, -0.05) is 18.2 Å². The van der Waals surface area contributed by atoms with Crippen molar-refractivity contribution in [3.05, 3.63) is 48.7 Å². The van der Waals surface area contributed by atoms with E-state index in [1.165, 1.54) is 12.8 Å². The van der Waals surface area contributed by atoms with Crippen molar-refractivity contribution in [3.63, 3.8) is 0 Å². The quantitative estimate of drug-likeness (QED) is 0.783. The summed E-state index contributed by atoms with van der Waals surface area (Å²) in [7, 11) is 0. The number of phenols is 1. The molecule has 0 unspecified atom stereocenters. The third-order valence-corrected chi connectivity index (χ3v) is 4.14. The molecule has 4 rings (SSSR count). The Bertz CT molecular complexity index is 825. The summed E-state index contributed by atoms with van der Waals surface area (Å²) in [6, 6.07) is 13.3. The molecule has 1 aromatic heterocycles. The largest absolute Gasteiger partial charge is 0.508 e. The Labute approximate surface area is 129 Å². The molecule has 110 valence electrons. The maximum absolute atomic E-state index is 9.61. The highest BCUT2D eigenvalue weighted by atomic mass is 16.3. The number of aromatic nitrogens is 2. The van der Waals surface area contributed by atoms with Crippen molar-refractivity contribution in [1.29, 1.82) is 0 Å². The highest BCUT2D eigenvalue weighted by molar-refractivity contribution is 5.82. The maximum Gasteiger partial charge on any atom is 0.147 e. The van der Waals surface area contributed by atoms with Crippen molar-refractivity contribution in [2.75, 3.05) is 18.0 Å². The Morgan fingerprint density at radius 3 is 2.55 bits per heavy atom. The number of hydrogen-bond acceptors (Lipinski definition) is 4. The van der Waals surface area contributed by atoms with Crippen molar-refractivity contribution in [3.8, 4) is 16.9 Å². The molecule has 0 atom stereocenters. The van der Waals surface area contributed by atoms with Gasteiger partial charge in [-0.3, -0.25) is 4.98 Å². The molecular weight excluding hydrogens is 274 g/mol. The summed E-state index contributed by atoms with van der Waals surface area (Å²) in [5, 5.41) is 9.61. The van der Waals surface area contributed by atoms with Crippen LogP contribution < -0.4 is 4.90 Å². The van der Waals surface area contributed by atoms with E-state index in [-0.39, 0.29) is 5.75 Å². The van der Waals surface area contributed by atoms with Gasteiger partial charge in [-0.15, -0.1) is 0 Å². The zero-order valence-electron chi connectivity index (χ0n) is 12.2. The summed E-state index contributed by atoms with van der Waals surface area (Å²) in [5.41, 5.74) is 3.80. The van der Waals surface area contributed by atoms with Gasteiger partial charge < -0.3 is 10.0 Å². The van der Waals surface area contributed by atoms with Gasteiger partial charge in [0.25, 0.3) is 0 Å². The lowest BCUT2D eigenvalue weighted by Crippen LogP contribution is -2.19. The van der Waals surface area contributed by atoms with Gasteiger partial charge in [0.1, 0.15) is 11.6 Å². The average Bonchev–Trinajstić information content (AvgIpc) is 3.08. The standard InChI is InChI=1S/C18H17N3O/c22-15-5-3-4-13(10-15)14-6-7-16-17(11-14)19-12-18(20-16)21-8-1-2-9-21/h3-7,10-12,22H,1-2,8-9H2. The lowest BCUT2D eigenvalue weighted by molar-refractivity contribution is 0.475. The van der Waals surface area contributed by atoms with Crippen LogP contribution in [-0.2, 0) is 0 Å². The third-order valence-electron chi connectivity index (χ3n) is 4.14. The Balaban J connectivity index is 1.74. The second-order valence-corrected chi connectivity index (χ2v) is 5.68. The molecular formula is C18H17N3O. The zero-order valence-corrected chi connectivity index (χ0v) is 12.2. The summed E-state index contributed by atoms with van der Waals surface area (Å²) in [4.78, 5) is 11.6. The number of phenolic OH excluding ortho intramolecular Hbond substituents is 1. The summed E-state index contributed by atoms with van der Waals surface area (Å²) >= 11 is 0. The molecule has 1 fully saturated rings. The van der Waals surface area contributed by atoms with Gasteiger partial charge in [0.15, 0.2) is 0 Å². The van der Waals surface area contributed by atoms with Gasteiger partial charge in [-0.05, 0) is 48.2 Å². The van der Waals surface area contributed by atoms with Crippen molar-refractivity contribution >= 4 is 16.9 Å². The lowest BCUT2D eigenvalue weighted by atomic mass is 10.0. The van der Waals surface area contributed by atoms with E-state index in [0.29, 0.717) is 0 Å². The SMILES string of the molecule is Oc1cccc(-c2ccc3nc(N4CCCC4)cnc3c2)c1. The number of anilines is 1. The molecule has 1 N–H and O–H groups in total. The smallest absolute Gasteiger partial charge is 0.147 e. The van der Waals surface area contributed by atoms with E-state index in [9.17, 15) is 5.11 Å². The molecule has 0 aliphatic carbocycles. The van der Waals surface area contributed by atoms with Gasteiger partial charge in [0.2, 0.25) is 0 Å². The highest BCUT2D eigenvalue weighted by Crippen LogP contribution is 2.26. The van der Waals surface area contributed by atoms with E-state index >= 15 is 0 Å². The van der Waals surface area contributed by atoms with Crippen LogP contribution in [0.15, 0.2) is 48.7 Å². The summed E-state index contributed by atoms with van der Waals surface area (Å²) in [5.74, 6) is 1.24. The van der Waals surface area contributed by atoms with Crippen LogP contribution >= 0.6 is 0 Å². The lowest BCUT2D eigenvalue weighted by Gasteiger charge is -2.16. The number of hydrogen-bond donors (Lipinski definition) is 1. The Hall–Kier alpha value is -2.62. The number of nitrogens with zero attached hydrogens (tertiary/aromatic N) is 3. The van der Waals surface area contributed by atoms with E-state index in [1.54, 1.807) is 12.1 Å². The van der Waals surface area contributed by atoms with Crippen LogP contribution in [0, 0.1) is 0 Å². The van der Waals surface area contributed by atoms with Crippen LogP contribution in [0.2, 0.25) is 0 Å². The molecule has 3 aromatic rings. The molecule has 22 heavy (non-hydrogen) atoms. The first-order valence-corrected chi connectivity index (χ1v) is 7.61. The Morgan fingerprint density at radius 2 is 1.73 bits per heavy atom. The van der Waals surface area contributed by atoms with Crippen molar-refractivity contribution in [1.82, 2.24) is 9.97 Å². The van der Waals surface area contributed by atoms with E-state index in [0.717, 1.165) is 41.1 Å². The molecule has 4 nitrogen and oxygen atoms in total. The molecule has 4 heteroatoms. The summed E-state index contributed by atoms with van der Waals surface area (Å²) in [6.45, 7) is 2.14. The predicted molar refractivity (Wildman–Crippen MR) is 88.1 cm³/mol. The van der Waals surface area contributed by atoms with Gasteiger partial charge >= 0.3 is 0 Å². The fourth-order valence-electron chi connectivity index (χ4n) is 2.96. The molecule has 1 aliphatic rings. The fraction of sp³-hybridized carbons (Fsp3) is 0.222. The zero-order chi connectivity index (χ0) is 14.9. The van der Waals surface area contributed by atoms with E-state index in [4.69, 9.17) is 4.98 Å². The maximum atomic E-state index is 9.61. The highest BCUT2D eigenvalue weighted by Gasteiger charge is 2.14. The first-order valence-electron chi connectivity index (χ1n) is 7.61.